The van der Waals surface area contributed by atoms with Gasteiger partial charge in [0.25, 0.3) is 0 Å². The molecule has 4 heteroatoms. The van der Waals surface area contributed by atoms with E-state index in [1.807, 2.05) is 17.4 Å². The standard InChI is InChI=1S/C58H36N2OS/c1-4-17-48-41(12-1)42-31-27-39(34-52(42)60(48)49-33-28-38-23-22-36-10-7-11-37-26-32-47(49)56(38)55(36)37)35-24-29-40(30-25-35)59(50-18-8-15-45-43-13-2-5-20-53(43)61-57(45)50)51-19-9-16-46-44-14-3-6-21-54(44)62-58(46)51/h1-9,11-22,24-34H,10,23H2. The van der Waals surface area contributed by atoms with Crippen molar-refractivity contribution in [3.63, 3.8) is 0 Å². The number of rotatable bonds is 5. The first-order chi connectivity index (χ1) is 30.7. The molecule has 12 aromatic rings. The van der Waals surface area contributed by atoms with Crippen molar-refractivity contribution in [2.24, 2.45) is 0 Å². The monoisotopic (exact) mass is 808 g/mol. The number of fused-ring (bicyclic) bond motifs is 9. The minimum atomic E-state index is 0.880. The van der Waals surface area contributed by atoms with Crippen molar-refractivity contribution in [2.75, 3.05) is 4.90 Å². The minimum absolute atomic E-state index is 0.880. The Morgan fingerprint density at radius 1 is 0.532 bits per heavy atom. The van der Waals surface area contributed by atoms with Gasteiger partial charge in [-0.3, -0.25) is 0 Å². The van der Waals surface area contributed by atoms with Gasteiger partial charge in [-0.05, 0) is 106 Å². The molecule has 0 unspecified atom stereocenters. The van der Waals surface area contributed by atoms with E-state index in [1.54, 1.807) is 0 Å². The second kappa shape index (κ2) is 12.9. The number of aromatic nitrogens is 1. The zero-order valence-corrected chi connectivity index (χ0v) is 34.4. The van der Waals surface area contributed by atoms with Gasteiger partial charge in [0.2, 0.25) is 0 Å². The van der Waals surface area contributed by atoms with E-state index in [1.165, 1.54) is 91.8 Å². The van der Waals surface area contributed by atoms with Crippen LogP contribution < -0.4 is 4.90 Å². The van der Waals surface area contributed by atoms with Crippen LogP contribution in [0.4, 0.5) is 17.1 Å². The van der Waals surface area contributed by atoms with E-state index < -0.39 is 0 Å². The summed E-state index contributed by atoms with van der Waals surface area (Å²) in [6.45, 7) is 0. The lowest BCUT2D eigenvalue weighted by Gasteiger charge is -2.26. The Balaban J connectivity index is 0.949. The van der Waals surface area contributed by atoms with Crippen molar-refractivity contribution in [3.8, 4) is 16.8 Å². The van der Waals surface area contributed by atoms with Crippen LogP contribution in [0.1, 0.15) is 23.1 Å². The molecule has 0 spiro atoms. The van der Waals surface area contributed by atoms with E-state index in [-0.39, 0.29) is 0 Å². The molecule has 0 N–H and O–H groups in total. The number of furan rings is 1. The van der Waals surface area contributed by atoms with Gasteiger partial charge in [0.15, 0.2) is 5.58 Å². The summed E-state index contributed by atoms with van der Waals surface area (Å²) < 4.78 is 11.7. The third kappa shape index (κ3) is 4.81. The fourth-order valence-corrected chi connectivity index (χ4v) is 11.8. The fourth-order valence-electron chi connectivity index (χ4n) is 10.6. The van der Waals surface area contributed by atoms with E-state index in [4.69, 9.17) is 4.42 Å². The van der Waals surface area contributed by atoms with E-state index in [9.17, 15) is 0 Å². The van der Waals surface area contributed by atoms with E-state index in [0.29, 0.717) is 0 Å². The van der Waals surface area contributed by atoms with Crippen molar-refractivity contribution in [1.82, 2.24) is 4.57 Å². The highest BCUT2D eigenvalue weighted by molar-refractivity contribution is 7.26. The van der Waals surface area contributed by atoms with Crippen molar-refractivity contribution in [2.45, 2.75) is 12.8 Å². The Hall–Kier alpha value is -7.66. The van der Waals surface area contributed by atoms with Crippen LogP contribution in [0.5, 0.6) is 0 Å². The van der Waals surface area contributed by atoms with E-state index in [2.05, 4.69) is 198 Å². The molecule has 0 fully saturated rings. The molecule has 0 aliphatic heterocycles. The molecule has 0 saturated carbocycles. The topological polar surface area (TPSA) is 21.3 Å². The molecule has 0 atom stereocenters. The fraction of sp³-hybridized carbons (Fsp3) is 0.0345. The van der Waals surface area contributed by atoms with Crippen LogP contribution in [0, 0.1) is 0 Å². The summed E-state index contributed by atoms with van der Waals surface area (Å²) in [6, 6.07) is 64.7. The van der Waals surface area contributed by atoms with Crippen molar-refractivity contribution < 1.29 is 4.42 Å². The van der Waals surface area contributed by atoms with Crippen LogP contribution in [0.2, 0.25) is 0 Å². The number of para-hydroxylation sites is 3. The lowest BCUT2D eigenvalue weighted by Crippen LogP contribution is -2.10. The Labute approximate surface area is 361 Å². The van der Waals surface area contributed by atoms with Gasteiger partial charge >= 0.3 is 0 Å². The Morgan fingerprint density at radius 2 is 1.27 bits per heavy atom. The van der Waals surface area contributed by atoms with Gasteiger partial charge in [0.1, 0.15) is 5.58 Å². The minimum Gasteiger partial charge on any atom is -0.454 e. The van der Waals surface area contributed by atoms with Crippen molar-refractivity contribution >= 4 is 115 Å². The van der Waals surface area contributed by atoms with Crippen molar-refractivity contribution in [3.05, 3.63) is 205 Å². The second-order valence-electron chi connectivity index (χ2n) is 16.7. The highest BCUT2D eigenvalue weighted by Crippen LogP contribution is 2.49. The average Bonchev–Trinajstić information content (AvgIpc) is 4.01. The maximum Gasteiger partial charge on any atom is 0.159 e. The molecular weight excluding hydrogens is 773 g/mol. The normalized spacial score (nSPS) is 13.4. The molecule has 0 bridgehead atoms. The maximum absolute atomic E-state index is 6.71. The molecule has 0 amide bonds. The predicted octanol–water partition coefficient (Wildman–Crippen LogP) is 16.7. The van der Waals surface area contributed by atoms with E-state index in [0.717, 1.165) is 51.8 Å². The summed E-state index contributed by atoms with van der Waals surface area (Å²) >= 11 is 1.85. The molecule has 0 radical (unpaired) electrons. The highest BCUT2D eigenvalue weighted by Gasteiger charge is 2.25. The Morgan fingerprint density at radius 3 is 2.19 bits per heavy atom. The molecule has 3 nitrogen and oxygen atoms in total. The smallest absolute Gasteiger partial charge is 0.159 e. The second-order valence-corrected chi connectivity index (χ2v) is 17.8. The molecule has 14 rings (SSSR count). The number of hydrogen-bond donors (Lipinski definition) is 0. The van der Waals surface area contributed by atoms with Gasteiger partial charge < -0.3 is 13.9 Å². The highest BCUT2D eigenvalue weighted by atomic mass is 32.1. The zero-order chi connectivity index (χ0) is 40.5. The summed E-state index contributed by atoms with van der Waals surface area (Å²) in [5.41, 5.74) is 16.6. The molecule has 3 aromatic heterocycles. The first-order valence-electron chi connectivity index (χ1n) is 21.4. The van der Waals surface area contributed by atoms with Gasteiger partial charge in [-0.15, -0.1) is 11.3 Å². The van der Waals surface area contributed by atoms with Crippen LogP contribution in [-0.2, 0) is 6.42 Å². The van der Waals surface area contributed by atoms with Crippen LogP contribution in [0.3, 0.4) is 0 Å². The molecule has 0 saturated heterocycles. The molecular formula is C58H36N2OS. The van der Waals surface area contributed by atoms with Gasteiger partial charge in [-0.2, -0.15) is 0 Å². The van der Waals surface area contributed by atoms with Crippen LogP contribution in [-0.4, -0.2) is 4.57 Å². The third-order valence-electron chi connectivity index (χ3n) is 13.4. The molecule has 3 heterocycles. The van der Waals surface area contributed by atoms with Gasteiger partial charge in [0.05, 0.1) is 32.8 Å². The first-order valence-corrected chi connectivity index (χ1v) is 22.3. The number of anilines is 3. The maximum atomic E-state index is 6.71. The molecule has 2 aliphatic carbocycles. The summed E-state index contributed by atoms with van der Waals surface area (Å²) in [5, 5.41) is 10.0. The molecule has 2 aliphatic rings. The van der Waals surface area contributed by atoms with Gasteiger partial charge in [-0.25, -0.2) is 0 Å². The third-order valence-corrected chi connectivity index (χ3v) is 14.6. The Bertz CT molecular complexity index is 3820. The van der Waals surface area contributed by atoms with Crippen LogP contribution in [0.15, 0.2) is 192 Å². The summed E-state index contributed by atoms with van der Waals surface area (Å²) in [5.74, 6) is 0. The lowest BCUT2D eigenvalue weighted by molar-refractivity contribution is 0.669. The molecule has 62 heavy (non-hydrogen) atoms. The lowest BCUT2D eigenvalue weighted by atomic mass is 9.81. The van der Waals surface area contributed by atoms with Crippen molar-refractivity contribution in [1.29, 1.82) is 0 Å². The SMILES string of the molecule is C1=Cc2ccc3c(-n4c5ccccc5c5ccc(-c6ccc(N(c7cccc8c7oc7ccccc78)c7cccc8c7sc7ccccc78)cc6)cc54)ccc4c3c2C(=CC4)C1. The zero-order valence-electron chi connectivity index (χ0n) is 33.6. The number of nitrogens with zero attached hydrogens (tertiary/aromatic N) is 2. The van der Waals surface area contributed by atoms with Crippen LogP contribution in [0.25, 0.3) is 103 Å². The summed E-state index contributed by atoms with van der Waals surface area (Å²) in [7, 11) is 0. The molecule has 290 valence electrons. The quantitative estimate of drug-likeness (QED) is 0.173. The first kappa shape index (κ1) is 34.1. The molecule has 9 aromatic carbocycles. The average molecular weight is 809 g/mol. The summed E-state index contributed by atoms with van der Waals surface area (Å²) in [6.07, 6.45) is 9.02. The van der Waals surface area contributed by atoms with Gasteiger partial charge in [-0.1, -0.05) is 140 Å². The Kier molecular flexibility index (Phi) is 7.11. The predicted molar refractivity (Wildman–Crippen MR) is 264 cm³/mol. The number of hydrogen-bond acceptors (Lipinski definition) is 3. The van der Waals surface area contributed by atoms with E-state index >= 15 is 0 Å². The summed E-state index contributed by atoms with van der Waals surface area (Å²) in [4.78, 5) is 2.39. The van der Waals surface area contributed by atoms with Gasteiger partial charge in [0, 0.05) is 48.1 Å². The van der Waals surface area contributed by atoms with Crippen LogP contribution >= 0.6 is 11.3 Å². The number of allylic oxidation sites excluding steroid dienone is 3. The number of benzene rings is 9. The number of thiophene rings is 1. The largest absolute Gasteiger partial charge is 0.454 e.